The van der Waals surface area contributed by atoms with Crippen molar-refractivity contribution in [3.05, 3.63) is 28.8 Å². The van der Waals surface area contributed by atoms with Crippen LogP contribution in [0.15, 0.2) is 17.7 Å². The van der Waals surface area contributed by atoms with Gasteiger partial charge in [-0.15, -0.1) is 0 Å². The van der Waals surface area contributed by atoms with Crippen LogP contribution in [-0.2, 0) is 9.59 Å². The van der Waals surface area contributed by atoms with Crippen molar-refractivity contribution in [3.8, 4) is 11.5 Å². The van der Waals surface area contributed by atoms with Gasteiger partial charge in [0.1, 0.15) is 17.1 Å². The highest BCUT2D eigenvalue weighted by atomic mass is 16.5. The Balaban J connectivity index is 1.62. The molecule has 1 saturated heterocycles. The number of rotatable bonds is 13. The molecule has 1 aromatic rings. The Kier molecular flexibility index (Phi) is 11.9. The summed E-state index contributed by atoms with van der Waals surface area (Å²) in [6.45, 7) is 15.2. The number of primary amides is 1. The molecule has 0 radical (unpaired) electrons. The van der Waals surface area contributed by atoms with Crippen molar-refractivity contribution in [3.63, 3.8) is 0 Å². The second kappa shape index (κ2) is 15.4. The fraction of sp³-hybridized carbons (Fsp3) is 0.686. The molecule has 3 aliphatic heterocycles. The normalized spacial score (nSPS) is 19.8. The number of nitrogens with two attached hydrogens (primary N) is 1. The molecule has 44 heavy (non-hydrogen) atoms. The molecule has 3 aliphatic rings. The lowest BCUT2D eigenvalue weighted by Gasteiger charge is -2.42. The number of hydrogen-bond donors (Lipinski definition) is 2. The molecule has 0 saturated carbocycles. The second-order valence-electron chi connectivity index (χ2n) is 13.6. The van der Waals surface area contributed by atoms with Gasteiger partial charge in [-0.3, -0.25) is 19.8 Å². The molecule has 0 aromatic heterocycles. The van der Waals surface area contributed by atoms with E-state index in [4.69, 9.17) is 15.2 Å². The molecule has 3 amide bonds. The van der Waals surface area contributed by atoms with Crippen LogP contribution in [0.1, 0.15) is 116 Å². The number of urea groups is 1. The van der Waals surface area contributed by atoms with Crippen molar-refractivity contribution in [2.45, 2.75) is 110 Å². The predicted molar refractivity (Wildman–Crippen MR) is 174 cm³/mol. The Morgan fingerprint density at radius 1 is 1.05 bits per heavy atom. The number of amides is 3. The Labute approximate surface area is 263 Å². The van der Waals surface area contributed by atoms with E-state index in [9.17, 15) is 14.4 Å². The van der Waals surface area contributed by atoms with E-state index >= 15 is 0 Å². The number of fused-ring (bicyclic) bond motifs is 2. The lowest BCUT2D eigenvalue weighted by molar-refractivity contribution is -0.134. The summed E-state index contributed by atoms with van der Waals surface area (Å²) in [6.07, 6.45) is 10.3. The maximum Gasteiger partial charge on any atom is 0.318 e. The van der Waals surface area contributed by atoms with Crippen LogP contribution in [0.5, 0.6) is 11.5 Å². The van der Waals surface area contributed by atoms with Crippen LogP contribution in [0.3, 0.4) is 0 Å². The van der Waals surface area contributed by atoms with Gasteiger partial charge in [0, 0.05) is 19.5 Å². The molecule has 2 atom stereocenters. The van der Waals surface area contributed by atoms with E-state index in [-0.39, 0.29) is 18.4 Å². The monoisotopic (exact) mass is 610 g/mol. The lowest BCUT2D eigenvalue weighted by Crippen LogP contribution is -2.46. The minimum absolute atomic E-state index is 0.0480. The zero-order chi connectivity index (χ0) is 31.9. The number of esters is 1. The van der Waals surface area contributed by atoms with Crippen molar-refractivity contribution in [2.75, 3.05) is 39.3 Å². The van der Waals surface area contributed by atoms with Crippen LogP contribution in [-0.4, -0.2) is 72.6 Å². The molecule has 9 nitrogen and oxygen atoms in total. The van der Waals surface area contributed by atoms with Crippen LogP contribution in [0.4, 0.5) is 4.79 Å². The van der Waals surface area contributed by atoms with Gasteiger partial charge in [0.15, 0.2) is 0 Å². The number of nitrogens with one attached hydrogen (secondary N) is 1. The van der Waals surface area contributed by atoms with E-state index in [0.29, 0.717) is 37.6 Å². The number of hydrogen-bond acceptors (Lipinski definition) is 7. The number of piperidine rings is 1. The van der Waals surface area contributed by atoms with Gasteiger partial charge in [-0.25, -0.2) is 4.79 Å². The van der Waals surface area contributed by atoms with E-state index in [0.717, 1.165) is 60.5 Å². The SMILES string of the molecule is CCCCCC(C)C(C)c1cc(OC(=O)CCCN2CCCCC2)c2c(c1)OC(C)(C)C1=C2CN(CC(=O)NC(N)=O)CC1. The highest BCUT2D eigenvalue weighted by Gasteiger charge is 2.40. The first kappa shape index (κ1) is 34.0. The first-order chi connectivity index (χ1) is 21.0. The standard InChI is InChI=1S/C35H54N4O5/c1-6-7-9-13-24(2)25(3)26-20-29(43-32(41)14-12-18-38-16-10-8-11-17-38)33-27-22-39(23-31(40)37-34(36)42)19-15-28(27)35(4,5)44-30(33)21-26/h20-21,24-25H,6-19,22-23H2,1-5H3,(H3,36,37,40,42). The summed E-state index contributed by atoms with van der Waals surface area (Å²) in [5.41, 5.74) is 8.71. The van der Waals surface area contributed by atoms with Crippen LogP contribution >= 0.6 is 0 Å². The van der Waals surface area contributed by atoms with Crippen molar-refractivity contribution in [1.29, 1.82) is 0 Å². The van der Waals surface area contributed by atoms with Crippen molar-refractivity contribution < 1.29 is 23.9 Å². The van der Waals surface area contributed by atoms with E-state index in [1.54, 1.807) is 0 Å². The van der Waals surface area contributed by atoms with Gasteiger partial charge in [-0.1, -0.05) is 52.9 Å². The van der Waals surface area contributed by atoms with E-state index in [1.165, 1.54) is 38.5 Å². The summed E-state index contributed by atoms with van der Waals surface area (Å²) in [5, 5.41) is 2.17. The zero-order valence-corrected chi connectivity index (χ0v) is 27.6. The van der Waals surface area contributed by atoms with Gasteiger partial charge in [0.2, 0.25) is 5.91 Å². The van der Waals surface area contributed by atoms with Gasteiger partial charge in [0.05, 0.1) is 12.1 Å². The van der Waals surface area contributed by atoms with Gasteiger partial charge in [-0.2, -0.15) is 0 Å². The van der Waals surface area contributed by atoms with E-state index in [2.05, 4.69) is 50.9 Å². The predicted octanol–water partition coefficient (Wildman–Crippen LogP) is 6.00. The topological polar surface area (TPSA) is 114 Å². The number of benzene rings is 1. The smallest absolute Gasteiger partial charge is 0.318 e. The lowest BCUT2D eigenvalue weighted by atomic mass is 9.79. The first-order valence-corrected chi connectivity index (χ1v) is 16.8. The quantitative estimate of drug-likeness (QED) is 0.160. The minimum atomic E-state index is -0.857. The summed E-state index contributed by atoms with van der Waals surface area (Å²) in [5.74, 6) is 1.32. The third-order valence-corrected chi connectivity index (χ3v) is 9.71. The van der Waals surface area contributed by atoms with Gasteiger partial charge in [-0.05, 0) is 99.8 Å². The summed E-state index contributed by atoms with van der Waals surface area (Å²) < 4.78 is 12.9. The molecule has 3 heterocycles. The van der Waals surface area contributed by atoms with Crippen molar-refractivity contribution in [2.24, 2.45) is 11.7 Å². The van der Waals surface area contributed by atoms with Crippen LogP contribution in [0.25, 0.3) is 5.57 Å². The molecular weight excluding hydrogens is 556 g/mol. The average molecular weight is 611 g/mol. The Bertz CT molecular complexity index is 1220. The fourth-order valence-electron chi connectivity index (χ4n) is 6.99. The minimum Gasteiger partial charge on any atom is -0.483 e. The molecule has 244 valence electrons. The fourth-order valence-corrected chi connectivity index (χ4v) is 6.99. The summed E-state index contributed by atoms with van der Waals surface area (Å²) in [6, 6.07) is 3.33. The summed E-state index contributed by atoms with van der Waals surface area (Å²) >= 11 is 0. The highest BCUT2D eigenvalue weighted by Crippen LogP contribution is 2.49. The van der Waals surface area contributed by atoms with Crippen LogP contribution < -0.4 is 20.5 Å². The van der Waals surface area contributed by atoms with Crippen LogP contribution in [0.2, 0.25) is 0 Å². The average Bonchev–Trinajstić information content (AvgIpc) is 2.96. The Hall–Kier alpha value is -2.91. The Morgan fingerprint density at radius 3 is 2.50 bits per heavy atom. The van der Waals surface area contributed by atoms with Gasteiger partial charge in [0.25, 0.3) is 0 Å². The maximum absolute atomic E-state index is 13.3. The molecular formula is C35H54N4O5. The number of ether oxygens (including phenoxy) is 2. The van der Waals surface area contributed by atoms with Gasteiger partial charge >= 0.3 is 12.0 Å². The summed E-state index contributed by atoms with van der Waals surface area (Å²) in [4.78, 5) is 41.4. The second-order valence-corrected chi connectivity index (χ2v) is 13.6. The van der Waals surface area contributed by atoms with Crippen molar-refractivity contribution in [1.82, 2.24) is 15.1 Å². The third kappa shape index (κ3) is 8.84. The largest absolute Gasteiger partial charge is 0.483 e. The molecule has 0 spiro atoms. The molecule has 9 heteroatoms. The number of likely N-dealkylation sites (tertiary alicyclic amines) is 1. The molecule has 1 aromatic carbocycles. The summed E-state index contributed by atoms with van der Waals surface area (Å²) in [7, 11) is 0. The number of imide groups is 1. The molecule has 0 aliphatic carbocycles. The molecule has 4 rings (SSSR count). The van der Waals surface area contributed by atoms with E-state index in [1.807, 2.05) is 11.0 Å². The Morgan fingerprint density at radius 2 is 1.80 bits per heavy atom. The molecule has 1 fully saturated rings. The number of nitrogens with zero attached hydrogens (tertiary/aromatic N) is 2. The van der Waals surface area contributed by atoms with Crippen LogP contribution in [0, 0.1) is 5.92 Å². The van der Waals surface area contributed by atoms with Gasteiger partial charge < -0.3 is 20.1 Å². The maximum atomic E-state index is 13.3. The first-order valence-electron chi connectivity index (χ1n) is 16.8. The van der Waals surface area contributed by atoms with Crippen molar-refractivity contribution >= 4 is 23.5 Å². The highest BCUT2D eigenvalue weighted by molar-refractivity contribution is 5.94. The third-order valence-electron chi connectivity index (χ3n) is 9.71. The zero-order valence-electron chi connectivity index (χ0n) is 27.6. The number of carbonyl (C=O) groups excluding carboxylic acids is 3. The number of carbonyl (C=O) groups is 3. The van der Waals surface area contributed by atoms with E-state index < -0.39 is 17.5 Å². The molecule has 3 N–H and O–H groups in total. The number of unbranched alkanes of at least 4 members (excludes halogenated alkanes) is 2. The molecule has 0 bridgehead atoms. The molecule has 2 unspecified atom stereocenters.